The summed E-state index contributed by atoms with van der Waals surface area (Å²) in [6.45, 7) is 17.3. The molecule has 192 valence electrons. The average Bonchev–Trinajstić information content (AvgIpc) is 3.06. The number of carbonyl (C=O) groups excluding carboxylic acids is 1. The summed E-state index contributed by atoms with van der Waals surface area (Å²) in [6, 6.07) is 0. The second-order valence-corrected chi connectivity index (χ2v) is 14.9. The van der Waals surface area contributed by atoms with Gasteiger partial charge in [-0.05, 0) is 102 Å². The lowest BCUT2D eigenvalue weighted by molar-refractivity contribution is -0.225. The maximum absolute atomic E-state index is 13.3. The fourth-order valence-corrected chi connectivity index (χ4v) is 11.6. The Bertz CT molecular complexity index is 907. The summed E-state index contributed by atoms with van der Waals surface area (Å²) in [5.74, 6) is 2.42. The van der Waals surface area contributed by atoms with Crippen LogP contribution in [0.2, 0.25) is 0 Å². The summed E-state index contributed by atoms with van der Waals surface area (Å²) < 4.78 is 5.94. The van der Waals surface area contributed by atoms with Crippen molar-refractivity contribution in [1.29, 1.82) is 0 Å². The summed E-state index contributed by atoms with van der Waals surface area (Å²) in [4.78, 5) is 13.3. The van der Waals surface area contributed by atoms with Crippen molar-refractivity contribution in [2.24, 2.45) is 50.7 Å². The quantitative estimate of drug-likeness (QED) is 0.430. The number of hydrogen-bond acceptors (Lipinski definition) is 3. The van der Waals surface area contributed by atoms with Crippen molar-refractivity contribution in [1.82, 2.24) is 0 Å². The van der Waals surface area contributed by atoms with Crippen LogP contribution in [0.1, 0.15) is 106 Å². The number of hydrogen-bond donors (Lipinski definition) is 1. The van der Waals surface area contributed by atoms with E-state index in [4.69, 9.17) is 4.52 Å². The Kier molecular flexibility index (Phi) is 5.89. The van der Waals surface area contributed by atoms with Gasteiger partial charge in [0.25, 0.3) is 0 Å². The van der Waals surface area contributed by atoms with Crippen molar-refractivity contribution in [3.63, 3.8) is 0 Å². The van der Waals surface area contributed by atoms with Crippen LogP contribution in [0.5, 0.6) is 0 Å². The molecule has 1 unspecified atom stereocenters. The lowest BCUT2D eigenvalue weighted by Crippen LogP contribution is -2.65. The number of aliphatic hydroxyl groups excluding tert-OH is 1. The Labute approximate surface area is 210 Å². The molecule has 0 aromatic heterocycles. The van der Waals surface area contributed by atoms with Gasteiger partial charge in [0, 0.05) is 21.3 Å². The van der Waals surface area contributed by atoms with Gasteiger partial charge in [-0.25, -0.2) is 0 Å². The average molecular weight is 489 g/mol. The first-order valence-electron chi connectivity index (χ1n) is 14.1. The molecular formula is C30H49O3P. The number of ketones is 1. The van der Waals surface area contributed by atoms with E-state index < -0.39 is 0 Å². The second-order valence-electron chi connectivity index (χ2n) is 14.6. The van der Waals surface area contributed by atoms with Crippen LogP contribution < -0.4 is 0 Å². The highest BCUT2D eigenvalue weighted by atomic mass is 31.0. The van der Waals surface area contributed by atoms with Crippen LogP contribution in [0.4, 0.5) is 0 Å². The zero-order valence-electron chi connectivity index (χ0n) is 22.8. The van der Waals surface area contributed by atoms with Crippen LogP contribution in [0.15, 0.2) is 11.1 Å². The molecule has 0 aliphatic heterocycles. The molecule has 0 aromatic rings. The molecular weight excluding hydrogens is 439 g/mol. The van der Waals surface area contributed by atoms with E-state index in [0.717, 1.165) is 24.8 Å². The molecule has 0 spiro atoms. The van der Waals surface area contributed by atoms with Gasteiger partial charge in [0.15, 0.2) is 5.78 Å². The summed E-state index contributed by atoms with van der Waals surface area (Å²) >= 11 is 0. The SMILES string of the molecule is CC(C)C1=C2[C@H]3CC[C@@H]4[C@@]5(C)CC[C@H](OP)C(C)(C)[C@@H]5CC[C@@]4(C)[C@]3(C)CC[C@@]2(CO)CC1=O. The van der Waals surface area contributed by atoms with Gasteiger partial charge in [-0.15, -0.1) is 0 Å². The van der Waals surface area contributed by atoms with Crippen molar-refractivity contribution in [3.05, 3.63) is 11.1 Å². The van der Waals surface area contributed by atoms with Crippen molar-refractivity contribution in [2.45, 2.75) is 112 Å². The van der Waals surface area contributed by atoms with E-state index in [9.17, 15) is 9.90 Å². The molecule has 4 heteroatoms. The predicted octanol–water partition coefficient (Wildman–Crippen LogP) is 7.13. The largest absolute Gasteiger partial charge is 0.395 e. The molecule has 0 heterocycles. The van der Waals surface area contributed by atoms with E-state index in [-0.39, 0.29) is 34.2 Å². The number of rotatable bonds is 3. The van der Waals surface area contributed by atoms with E-state index in [0.29, 0.717) is 41.5 Å². The van der Waals surface area contributed by atoms with Crippen molar-refractivity contribution < 1.29 is 14.4 Å². The lowest BCUT2D eigenvalue weighted by atomic mass is 9.33. The minimum absolute atomic E-state index is 0.140. The maximum atomic E-state index is 13.3. The molecule has 1 N–H and O–H groups in total. The zero-order valence-corrected chi connectivity index (χ0v) is 24.0. The molecule has 5 aliphatic carbocycles. The maximum Gasteiger partial charge on any atom is 0.160 e. The van der Waals surface area contributed by atoms with E-state index in [1.54, 1.807) is 0 Å². The minimum atomic E-state index is -0.276. The van der Waals surface area contributed by atoms with E-state index in [1.165, 1.54) is 37.7 Å². The molecule has 5 rings (SSSR count). The third-order valence-corrected chi connectivity index (χ3v) is 13.3. The Morgan fingerprint density at radius 3 is 2.26 bits per heavy atom. The van der Waals surface area contributed by atoms with Crippen LogP contribution in [0.3, 0.4) is 0 Å². The van der Waals surface area contributed by atoms with Gasteiger partial charge in [0.05, 0.1) is 12.7 Å². The second kappa shape index (κ2) is 7.88. The number of Topliss-reactive ketones (excluding diaryl/α,β-unsaturated/α-hetero) is 1. The zero-order chi connectivity index (χ0) is 24.9. The first kappa shape index (κ1) is 25.4. The fraction of sp³-hybridized carbons (Fsp3) is 0.900. The van der Waals surface area contributed by atoms with Gasteiger partial charge >= 0.3 is 0 Å². The summed E-state index contributed by atoms with van der Waals surface area (Å²) in [6.07, 6.45) is 10.4. The molecule has 0 radical (unpaired) electrons. The van der Waals surface area contributed by atoms with Gasteiger partial charge in [-0.1, -0.05) is 54.0 Å². The highest BCUT2D eigenvalue weighted by molar-refractivity contribution is 7.09. The normalized spacial score (nSPS) is 50.0. The van der Waals surface area contributed by atoms with Crippen LogP contribution in [-0.2, 0) is 9.32 Å². The molecule has 5 aliphatic rings. The van der Waals surface area contributed by atoms with E-state index >= 15 is 0 Å². The summed E-state index contributed by atoms with van der Waals surface area (Å²) in [5, 5.41) is 10.6. The number of fused-ring (bicyclic) bond motifs is 7. The molecule has 0 aromatic carbocycles. The van der Waals surface area contributed by atoms with Gasteiger partial charge in [0.1, 0.15) is 0 Å². The molecule has 0 saturated heterocycles. The molecule has 9 atom stereocenters. The lowest BCUT2D eigenvalue weighted by Gasteiger charge is -2.72. The summed E-state index contributed by atoms with van der Waals surface area (Å²) in [7, 11) is 2.55. The predicted molar refractivity (Wildman–Crippen MR) is 141 cm³/mol. The van der Waals surface area contributed by atoms with Crippen molar-refractivity contribution in [3.8, 4) is 0 Å². The Morgan fingerprint density at radius 1 is 0.941 bits per heavy atom. The first-order chi connectivity index (χ1) is 15.8. The first-order valence-corrected chi connectivity index (χ1v) is 14.5. The van der Waals surface area contributed by atoms with E-state index in [2.05, 4.69) is 57.9 Å². The highest BCUT2D eigenvalue weighted by Gasteiger charge is 2.69. The molecule has 0 amide bonds. The number of carbonyl (C=O) groups is 1. The smallest absolute Gasteiger partial charge is 0.160 e. The third kappa shape index (κ3) is 2.96. The van der Waals surface area contributed by atoms with Crippen LogP contribution >= 0.6 is 9.47 Å². The van der Waals surface area contributed by atoms with Gasteiger partial charge in [-0.3, -0.25) is 4.79 Å². The molecule has 4 fully saturated rings. The van der Waals surface area contributed by atoms with Crippen LogP contribution in [-0.4, -0.2) is 23.6 Å². The third-order valence-electron chi connectivity index (χ3n) is 13.0. The molecule has 0 bridgehead atoms. The molecule has 34 heavy (non-hydrogen) atoms. The number of allylic oxidation sites excluding steroid dienone is 1. The standard InChI is InChI=1S/C30H49O3P/c1-18(2)24-20(32)16-30(17-31)15-14-28(6)19(25(24)30)8-9-22-27(5)12-11-23(33-34)26(3,4)21(27)10-13-29(22,28)7/h18-19,21-23,31H,8-17,34H2,1-7H3/t19-,21+,22-,23+,27+,28-,29-,30+/m1/s1. The topological polar surface area (TPSA) is 46.5 Å². The van der Waals surface area contributed by atoms with Crippen molar-refractivity contribution >= 4 is 15.2 Å². The van der Waals surface area contributed by atoms with Gasteiger partial charge < -0.3 is 9.63 Å². The Morgan fingerprint density at radius 2 is 1.65 bits per heavy atom. The minimum Gasteiger partial charge on any atom is -0.395 e. The monoisotopic (exact) mass is 488 g/mol. The van der Waals surface area contributed by atoms with Crippen LogP contribution in [0.25, 0.3) is 0 Å². The van der Waals surface area contributed by atoms with Gasteiger partial charge in [0.2, 0.25) is 0 Å². The number of aliphatic hydroxyl groups is 1. The molecule has 3 nitrogen and oxygen atoms in total. The van der Waals surface area contributed by atoms with Crippen LogP contribution in [0, 0.1) is 50.7 Å². The highest BCUT2D eigenvalue weighted by Crippen LogP contribution is 2.76. The van der Waals surface area contributed by atoms with Gasteiger partial charge in [-0.2, -0.15) is 0 Å². The Hall–Kier alpha value is -0.240. The fourth-order valence-electron chi connectivity index (χ4n) is 11.1. The molecule has 4 saturated carbocycles. The van der Waals surface area contributed by atoms with E-state index in [1.807, 2.05) is 0 Å². The van der Waals surface area contributed by atoms with Crippen molar-refractivity contribution in [2.75, 3.05) is 6.61 Å². The summed E-state index contributed by atoms with van der Waals surface area (Å²) in [5.41, 5.74) is 3.21. The Balaban J connectivity index is 1.59.